The van der Waals surface area contributed by atoms with Crippen LogP contribution in [0.25, 0.3) is 0 Å². The van der Waals surface area contributed by atoms with Gasteiger partial charge in [0.2, 0.25) is 0 Å². The van der Waals surface area contributed by atoms with E-state index in [4.69, 9.17) is 5.26 Å². The zero-order valence-electron chi connectivity index (χ0n) is 11.7. The molecule has 1 fully saturated rings. The molecule has 2 rings (SSSR count). The number of hydrogen-bond donors (Lipinski definition) is 2. The van der Waals surface area contributed by atoms with Crippen molar-refractivity contribution in [2.24, 2.45) is 5.41 Å². The van der Waals surface area contributed by atoms with Crippen LogP contribution in [-0.2, 0) is 6.54 Å². The first kappa shape index (κ1) is 15.0. The van der Waals surface area contributed by atoms with Gasteiger partial charge in [0, 0.05) is 30.7 Å². The number of nitriles is 1. The Labute approximate surface area is 119 Å². The van der Waals surface area contributed by atoms with Crippen LogP contribution in [-0.4, -0.2) is 18.3 Å². The van der Waals surface area contributed by atoms with Gasteiger partial charge < -0.3 is 10.4 Å². The first-order chi connectivity index (χ1) is 9.71. The minimum Gasteiger partial charge on any atom is -0.396 e. The third-order valence-corrected chi connectivity index (χ3v) is 4.26. The molecular weight excluding hydrogens is 255 g/mol. The van der Waals surface area contributed by atoms with Gasteiger partial charge in [-0.3, -0.25) is 0 Å². The van der Waals surface area contributed by atoms with Crippen LogP contribution in [0.15, 0.2) is 18.2 Å². The van der Waals surface area contributed by atoms with Gasteiger partial charge in [0.05, 0.1) is 5.56 Å². The van der Waals surface area contributed by atoms with Crippen molar-refractivity contribution in [3.05, 3.63) is 35.1 Å². The van der Waals surface area contributed by atoms with Crippen LogP contribution in [0.5, 0.6) is 0 Å². The molecule has 1 aliphatic rings. The van der Waals surface area contributed by atoms with Crippen molar-refractivity contribution in [3.8, 4) is 6.07 Å². The predicted molar refractivity (Wildman–Crippen MR) is 75.4 cm³/mol. The second-order valence-corrected chi connectivity index (χ2v) is 5.71. The maximum Gasteiger partial charge on any atom is 0.145 e. The highest BCUT2D eigenvalue weighted by Crippen LogP contribution is 2.35. The van der Waals surface area contributed by atoms with Gasteiger partial charge >= 0.3 is 0 Å². The van der Waals surface area contributed by atoms with Crippen LogP contribution in [0.1, 0.15) is 43.2 Å². The molecule has 1 aromatic carbocycles. The standard InChI is InChI=1S/C16H21FN2O/c17-15-13(9-18)5-4-6-14(15)10-19-11-16(12-20)7-2-1-3-8-16/h4-6,19-20H,1-3,7-8,10-12H2. The summed E-state index contributed by atoms with van der Waals surface area (Å²) in [5, 5.41) is 21.7. The van der Waals surface area contributed by atoms with Gasteiger partial charge in [-0.15, -0.1) is 0 Å². The minimum absolute atomic E-state index is 0.0540. The molecule has 0 aromatic heterocycles. The Bertz CT molecular complexity index is 490. The van der Waals surface area contributed by atoms with Crippen LogP contribution in [0.4, 0.5) is 4.39 Å². The molecule has 108 valence electrons. The third kappa shape index (κ3) is 3.36. The Morgan fingerprint density at radius 3 is 2.70 bits per heavy atom. The topological polar surface area (TPSA) is 56.0 Å². The molecule has 0 saturated heterocycles. The molecule has 4 heteroatoms. The molecule has 1 aliphatic carbocycles. The van der Waals surface area contributed by atoms with Gasteiger partial charge in [-0.2, -0.15) is 5.26 Å². The quantitative estimate of drug-likeness (QED) is 0.869. The molecule has 0 unspecified atom stereocenters. The van der Waals surface area contributed by atoms with E-state index in [1.54, 1.807) is 12.1 Å². The molecule has 0 bridgehead atoms. The van der Waals surface area contributed by atoms with Gasteiger partial charge in [0.1, 0.15) is 11.9 Å². The molecule has 0 radical (unpaired) electrons. The minimum atomic E-state index is -0.441. The van der Waals surface area contributed by atoms with Gasteiger partial charge in [-0.1, -0.05) is 31.4 Å². The average molecular weight is 276 g/mol. The van der Waals surface area contributed by atoms with Crippen LogP contribution in [0.3, 0.4) is 0 Å². The normalized spacial score (nSPS) is 17.6. The number of nitrogens with zero attached hydrogens (tertiary/aromatic N) is 1. The summed E-state index contributed by atoms with van der Waals surface area (Å²) in [4.78, 5) is 0. The number of aliphatic hydroxyl groups excluding tert-OH is 1. The van der Waals surface area contributed by atoms with Crippen molar-refractivity contribution < 1.29 is 9.50 Å². The second-order valence-electron chi connectivity index (χ2n) is 5.71. The molecule has 0 amide bonds. The van der Waals surface area contributed by atoms with E-state index in [-0.39, 0.29) is 17.6 Å². The maximum atomic E-state index is 13.9. The first-order valence-electron chi connectivity index (χ1n) is 7.20. The Hall–Kier alpha value is -1.44. The zero-order valence-corrected chi connectivity index (χ0v) is 11.7. The fraction of sp³-hybridized carbons (Fsp3) is 0.562. The molecule has 1 aromatic rings. The summed E-state index contributed by atoms with van der Waals surface area (Å²) in [5.41, 5.74) is 0.536. The van der Waals surface area contributed by atoms with E-state index in [9.17, 15) is 9.50 Å². The lowest BCUT2D eigenvalue weighted by molar-refractivity contribution is 0.0810. The highest BCUT2D eigenvalue weighted by molar-refractivity contribution is 5.34. The molecule has 0 atom stereocenters. The Kier molecular flexibility index (Phi) is 5.11. The van der Waals surface area contributed by atoms with E-state index in [2.05, 4.69) is 5.32 Å². The van der Waals surface area contributed by atoms with Gasteiger partial charge in [-0.05, 0) is 18.9 Å². The summed E-state index contributed by atoms with van der Waals surface area (Å²) in [6.07, 6.45) is 5.59. The molecule has 0 aliphatic heterocycles. The van der Waals surface area contributed by atoms with Gasteiger partial charge in [0.15, 0.2) is 0 Å². The summed E-state index contributed by atoms with van der Waals surface area (Å²) < 4.78 is 13.9. The Morgan fingerprint density at radius 1 is 1.30 bits per heavy atom. The van der Waals surface area contributed by atoms with E-state index in [1.807, 2.05) is 6.07 Å². The summed E-state index contributed by atoms with van der Waals surface area (Å²) in [5.74, 6) is -0.441. The van der Waals surface area contributed by atoms with Crippen molar-refractivity contribution in [3.63, 3.8) is 0 Å². The summed E-state index contributed by atoms with van der Waals surface area (Å²) in [6.45, 7) is 1.27. The van der Waals surface area contributed by atoms with Crippen molar-refractivity contribution in [2.75, 3.05) is 13.2 Å². The highest BCUT2D eigenvalue weighted by Gasteiger charge is 2.30. The van der Waals surface area contributed by atoms with Crippen LogP contribution in [0, 0.1) is 22.6 Å². The smallest absolute Gasteiger partial charge is 0.145 e. The Morgan fingerprint density at radius 2 is 2.05 bits per heavy atom. The molecule has 1 saturated carbocycles. The average Bonchev–Trinajstić information content (AvgIpc) is 2.50. The monoisotopic (exact) mass is 276 g/mol. The van der Waals surface area contributed by atoms with E-state index in [0.717, 1.165) is 25.7 Å². The number of halogens is 1. The van der Waals surface area contributed by atoms with Crippen molar-refractivity contribution in [1.29, 1.82) is 5.26 Å². The molecule has 20 heavy (non-hydrogen) atoms. The summed E-state index contributed by atoms with van der Waals surface area (Å²) in [7, 11) is 0. The number of aliphatic hydroxyl groups is 1. The van der Waals surface area contributed by atoms with E-state index >= 15 is 0 Å². The van der Waals surface area contributed by atoms with Gasteiger partial charge in [-0.25, -0.2) is 4.39 Å². The number of hydrogen-bond acceptors (Lipinski definition) is 3. The lowest BCUT2D eigenvalue weighted by Crippen LogP contribution is -2.39. The SMILES string of the molecule is N#Cc1cccc(CNCC2(CO)CCCCC2)c1F. The number of benzene rings is 1. The maximum absolute atomic E-state index is 13.9. The fourth-order valence-electron chi connectivity index (χ4n) is 2.96. The lowest BCUT2D eigenvalue weighted by atomic mass is 9.74. The summed E-state index contributed by atoms with van der Waals surface area (Å²) in [6, 6.07) is 6.72. The Balaban J connectivity index is 1.94. The molecule has 0 heterocycles. The second kappa shape index (κ2) is 6.83. The molecule has 3 nitrogen and oxygen atoms in total. The van der Waals surface area contributed by atoms with E-state index in [1.165, 1.54) is 12.5 Å². The van der Waals surface area contributed by atoms with Crippen molar-refractivity contribution in [1.82, 2.24) is 5.32 Å². The number of rotatable bonds is 5. The molecular formula is C16H21FN2O. The lowest BCUT2D eigenvalue weighted by Gasteiger charge is -2.35. The van der Waals surface area contributed by atoms with E-state index < -0.39 is 5.82 Å². The zero-order chi connectivity index (χ0) is 14.4. The number of nitrogens with one attached hydrogen (secondary N) is 1. The predicted octanol–water partition coefficient (Wildman–Crippen LogP) is 2.73. The fourth-order valence-corrected chi connectivity index (χ4v) is 2.96. The third-order valence-electron chi connectivity index (χ3n) is 4.26. The summed E-state index contributed by atoms with van der Waals surface area (Å²) >= 11 is 0. The van der Waals surface area contributed by atoms with E-state index in [0.29, 0.717) is 18.7 Å². The van der Waals surface area contributed by atoms with Crippen molar-refractivity contribution in [2.45, 2.75) is 38.6 Å². The molecule has 2 N–H and O–H groups in total. The highest BCUT2D eigenvalue weighted by atomic mass is 19.1. The van der Waals surface area contributed by atoms with Crippen LogP contribution >= 0.6 is 0 Å². The van der Waals surface area contributed by atoms with Gasteiger partial charge in [0.25, 0.3) is 0 Å². The van der Waals surface area contributed by atoms with Crippen LogP contribution < -0.4 is 5.32 Å². The largest absolute Gasteiger partial charge is 0.396 e. The molecule has 0 spiro atoms. The first-order valence-corrected chi connectivity index (χ1v) is 7.20. The van der Waals surface area contributed by atoms with Crippen LogP contribution in [0.2, 0.25) is 0 Å². The van der Waals surface area contributed by atoms with Crippen molar-refractivity contribution >= 4 is 0 Å².